The van der Waals surface area contributed by atoms with Crippen LogP contribution in [-0.2, 0) is 9.47 Å². The first-order chi connectivity index (χ1) is 8.01. The summed E-state index contributed by atoms with van der Waals surface area (Å²) in [4.78, 5) is 0. The molecule has 1 fully saturated rings. The van der Waals surface area contributed by atoms with Gasteiger partial charge in [-0.05, 0) is 31.2 Å². The second kappa shape index (κ2) is 7.34. The summed E-state index contributed by atoms with van der Waals surface area (Å²) in [5.41, 5.74) is 0.365. The van der Waals surface area contributed by atoms with Gasteiger partial charge in [0, 0.05) is 13.2 Å². The average Bonchev–Trinajstić information content (AvgIpc) is 2.68. The monoisotopic (exact) mass is 243 g/mol. The molecule has 1 saturated heterocycles. The van der Waals surface area contributed by atoms with Crippen LogP contribution >= 0.6 is 0 Å². The van der Waals surface area contributed by atoms with Gasteiger partial charge in [0.25, 0.3) is 0 Å². The fourth-order valence-electron chi connectivity index (χ4n) is 1.95. The third-order valence-corrected chi connectivity index (χ3v) is 3.12. The predicted molar refractivity (Wildman–Crippen MR) is 71.3 cm³/mol. The molecule has 1 heterocycles. The van der Waals surface area contributed by atoms with E-state index in [0.29, 0.717) is 17.6 Å². The molecule has 0 aromatic rings. The van der Waals surface area contributed by atoms with Crippen molar-refractivity contribution in [3.63, 3.8) is 0 Å². The zero-order chi connectivity index (χ0) is 12.7. The fourth-order valence-corrected chi connectivity index (χ4v) is 1.95. The Hall–Kier alpha value is -0.120. The van der Waals surface area contributed by atoms with Gasteiger partial charge in [0.1, 0.15) is 0 Å². The van der Waals surface area contributed by atoms with Crippen LogP contribution in [0.25, 0.3) is 0 Å². The molecule has 3 heteroatoms. The van der Waals surface area contributed by atoms with Gasteiger partial charge in [-0.15, -0.1) is 0 Å². The van der Waals surface area contributed by atoms with Gasteiger partial charge in [0.05, 0.1) is 18.8 Å². The largest absolute Gasteiger partial charge is 0.379 e. The van der Waals surface area contributed by atoms with Crippen LogP contribution in [0, 0.1) is 5.41 Å². The molecule has 1 rings (SSSR count). The minimum Gasteiger partial charge on any atom is -0.379 e. The van der Waals surface area contributed by atoms with Crippen molar-refractivity contribution in [2.45, 2.75) is 59.2 Å². The van der Waals surface area contributed by atoms with E-state index in [2.05, 4.69) is 33.0 Å². The molecule has 0 spiro atoms. The Morgan fingerprint density at radius 2 is 1.94 bits per heavy atom. The summed E-state index contributed by atoms with van der Waals surface area (Å²) in [7, 11) is 0. The summed E-state index contributed by atoms with van der Waals surface area (Å²) >= 11 is 0. The highest BCUT2D eigenvalue weighted by molar-refractivity contribution is 4.75. The minimum atomic E-state index is 0.318. The normalized spacial score (nSPS) is 25.4. The lowest BCUT2D eigenvalue weighted by Gasteiger charge is -2.19. The van der Waals surface area contributed by atoms with E-state index in [1.54, 1.807) is 0 Å². The Morgan fingerprint density at radius 1 is 1.24 bits per heavy atom. The lowest BCUT2D eigenvalue weighted by atomic mass is 9.93. The Morgan fingerprint density at radius 3 is 2.59 bits per heavy atom. The van der Waals surface area contributed by atoms with E-state index in [1.807, 2.05) is 0 Å². The third kappa shape index (κ3) is 7.02. The van der Waals surface area contributed by atoms with E-state index in [0.717, 1.165) is 39.1 Å². The number of nitrogens with one attached hydrogen (secondary N) is 1. The van der Waals surface area contributed by atoms with Crippen LogP contribution in [0.1, 0.15) is 47.0 Å². The number of ether oxygens (including phenoxy) is 2. The van der Waals surface area contributed by atoms with Crippen molar-refractivity contribution in [1.29, 1.82) is 0 Å². The highest BCUT2D eigenvalue weighted by Crippen LogP contribution is 2.21. The van der Waals surface area contributed by atoms with Crippen molar-refractivity contribution in [3.8, 4) is 0 Å². The molecule has 0 amide bonds. The van der Waals surface area contributed by atoms with Crippen molar-refractivity contribution < 1.29 is 9.47 Å². The quantitative estimate of drug-likeness (QED) is 0.697. The number of hydrogen-bond acceptors (Lipinski definition) is 3. The molecule has 1 aliphatic heterocycles. The molecule has 0 aliphatic carbocycles. The van der Waals surface area contributed by atoms with E-state index in [9.17, 15) is 0 Å². The van der Waals surface area contributed by atoms with Crippen LogP contribution in [0.3, 0.4) is 0 Å². The first-order valence-electron chi connectivity index (χ1n) is 6.95. The molecule has 0 aromatic heterocycles. The summed E-state index contributed by atoms with van der Waals surface area (Å²) in [6, 6.07) is 0. The molecule has 2 unspecified atom stereocenters. The number of hydrogen-bond donors (Lipinski definition) is 1. The van der Waals surface area contributed by atoms with Crippen molar-refractivity contribution in [1.82, 2.24) is 5.32 Å². The van der Waals surface area contributed by atoms with Crippen molar-refractivity contribution in [3.05, 3.63) is 0 Å². The summed E-state index contributed by atoms with van der Waals surface area (Å²) in [5, 5.41) is 3.33. The summed E-state index contributed by atoms with van der Waals surface area (Å²) < 4.78 is 11.6. The molecule has 0 aromatic carbocycles. The van der Waals surface area contributed by atoms with Gasteiger partial charge in [-0.25, -0.2) is 0 Å². The highest BCUT2D eigenvalue weighted by atomic mass is 16.5. The van der Waals surface area contributed by atoms with Gasteiger partial charge < -0.3 is 14.8 Å². The molecular formula is C14H29NO2. The van der Waals surface area contributed by atoms with E-state index in [1.165, 1.54) is 6.42 Å². The maximum absolute atomic E-state index is 5.91. The van der Waals surface area contributed by atoms with Crippen LogP contribution < -0.4 is 5.32 Å². The summed E-state index contributed by atoms with van der Waals surface area (Å²) in [6.45, 7) is 12.5. The van der Waals surface area contributed by atoms with Gasteiger partial charge in [-0.2, -0.15) is 0 Å². The molecule has 17 heavy (non-hydrogen) atoms. The molecule has 102 valence electrons. The molecule has 1 aliphatic rings. The average molecular weight is 243 g/mol. The van der Waals surface area contributed by atoms with Gasteiger partial charge in [-0.1, -0.05) is 27.7 Å². The van der Waals surface area contributed by atoms with Gasteiger partial charge in [-0.3, -0.25) is 0 Å². The SMILES string of the molecule is CCNCC1CCC(COCCC(C)(C)C)O1. The summed E-state index contributed by atoms with van der Waals surface area (Å²) in [6.07, 6.45) is 4.14. The Kier molecular flexibility index (Phi) is 6.45. The maximum Gasteiger partial charge on any atom is 0.0813 e. The second-order valence-electron chi connectivity index (χ2n) is 6.15. The van der Waals surface area contributed by atoms with E-state index in [-0.39, 0.29) is 0 Å². The molecule has 0 bridgehead atoms. The first-order valence-corrected chi connectivity index (χ1v) is 6.95. The van der Waals surface area contributed by atoms with E-state index >= 15 is 0 Å². The topological polar surface area (TPSA) is 30.5 Å². The molecule has 0 radical (unpaired) electrons. The van der Waals surface area contributed by atoms with Crippen LogP contribution in [0.2, 0.25) is 0 Å². The van der Waals surface area contributed by atoms with Crippen LogP contribution in [0.15, 0.2) is 0 Å². The number of likely N-dealkylation sites (N-methyl/N-ethyl adjacent to an activating group) is 1. The zero-order valence-electron chi connectivity index (χ0n) is 11.9. The van der Waals surface area contributed by atoms with Gasteiger partial charge >= 0.3 is 0 Å². The van der Waals surface area contributed by atoms with Crippen molar-refractivity contribution in [2.24, 2.45) is 5.41 Å². The zero-order valence-corrected chi connectivity index (χ0v) is 11.9. The van der Waals surface area contributed by atoms with Gasteiger partial charge in [0.15, 0.2) is 0 Å². The standard InChI is InChI=1S/C14H29NO2/c1-5-15-10-12-6-7-13(17-12)11-16-9-8-14(2,3)4/h12-13,15H,5-11H2,1-4H3. The highest BCUT2D eigenvalue weighted by Gasteiger charge is 2.24. The lowest BCUT2D eigenvalue weighted by Crippen LogP contribution is -2.27. The van der Waals surface area contributed by atoms with E-state index in [4.69, 9.17) is 9.47 Å². The van der Waals surface area contributed by atoms with E-state index < -0.39 is 0 Å². The lowest BCUT2D eigenvalue weighted by molar-refractivity contribution is -0.0184. The van der Waals surface area contributed by atoms with Crippen LogP contribution in [0.5, 0.6) is 0 Å². The predicted octanol–water partition coefficient (Wildman–Crippen LogP) is 2.60. The number of rotatable bonds is 7. The van der Waals surface area contributed by atoms with Crippen molar-refractivity contribution in [2.75, 3.05) is 26.3 Å². The van der Waals surface area contributed by atoms with Crippen molar-refractivity contribution >= 4 is 0 Å². The van der Waals surface area contributed by atoms with Gasteiger partial charge in [0.2, 0.25) is 0 Å². The Labute approximate surface area is 106 Å². The Bertz CT molecular complexity index is 201. The molecule has 1 N–H and O–H groups in total. The molecule has 2 atom stereocenters. The maximum atomic E-state index is 5.91. The minimum absolute atomic E-state index is 0.318. The second-order valence-corrected chi connectivity index (χ2v) is 6.15. The molecular weight excluding hydrogens is 214 g/mol. The van der Waals surface area contributed by atoms with Crippen LogP contribution in [0.4, 0.5) is 0 Å². The summed E-state index contributed by atoms with van der Waals surface area (Å²) in [5.74, 6) is 0. The smallest absolute Gasteiger partial charge is 0.0813 e. The Balaban J connectivity index is 2.02. The molecule has 0 saturated carbocycles. The van der Waals surface area contributed by atoms with Crippen LogP contribution in [-0.4, -0.2) is 38.5 Å². The molecule has 3 nitrogen and oxygen atoms in total. The third-order valence-electron chi connectivity index (χ3n) is 3.12. The fraction of sp³-hybridized carbons (Fsp3) is 1.00. The first kappa shape index (κ1) is 14.9.